The van der Waals surface area contributed by atoms with Crippen LogP contribution < -0.4 is 10.9 Å². The molecule has 0 aliphatic carbocycles. The molecule has 98 valence electrons. The fourth-order valence-corrected chi connectivity index (χ4v) is 1.73. The van der Waals surface area contributed by atoms with Crippen molar-refractivity contribution in [2.24, 2.45) is 0 Å². The first-order valence-electron chi connectivity index (χ1n) is 6.22. The number of nitrogens with one attached hydrogen (secondary N) is 2. The second kappa shape index (κ2) is 6.79. The predicted molar refractivity (Wildman–Crippen MR) is 72.9 cm³/mol. The number of amides is 1. The molecule has 0 aromatic carbocycles. The van der Waals surface area contributed by atoms with E-state index in [2.05, 4.69) is 17.2 Å². The first-order chi connectivity index (χ1) is 8.60. The molecule has 0 saturated carbocycles. The monoisotopic (exact) mass is 248 g/mol. The van der Waals surface area contributed by atoms with Gasteiger partial charge >= 0.3 is 0 Å². The van der Waals surface area contributed by atoms with E-state index in [-0.39, 0.29) is 17.0 Å². The molecule has 0 bridgehead atoms. The molecule has 1 amide bonds. The van der Waals surface area contributed by atoms with Crippen LogP contribution in [0.3, 0.4) is 0 Å². The Hall–Kier alpha value is -1.84. The Morgan fingerprint density at radius 1 is 1.50 bits per heavy atom. The van der Waals surface area contributed by atoms with Gasteiger partial charge in [0.25, 0.3) is 11.5 Å². The number of allylic oxidation sites excluding steroid dienone is 1. The minimum Gasteiger partial charge on any atom is -0.348 e. The summed E-state index contributed by atoms with van der Waals surface area (Å²) in [7, 11) is 0. The molecule has 0 atom stereocenters. The summed E-state index contributed by atoms with van der Waals surface area (Å²) in [6.45, 7) is 6.24. The number of aromatic amines is 1. The van der Waals surface area contributed by atoms with Crippen LogP contribution in [0.15, 0.2) is 23.0 Å². The molecule has 2 N–H and O–H groups in total. The lowest BCUT2D eigenvalue weighted by Gasteiger charge is -2.07. The smallest absolute Gasteiger partial charge is 0.261 e. The fraction of sp³-hybridized carbons (Fsp3) is 0.429. The summed E-state index contributed by atoms with van der Waals surface area (Å²) in [5.74, 6) is -0.327. The summed E-state index contributed by atoms with van der Waals surface area (Å²) < 4.78 is 0. The highest BCUT2D eigenvalue weighted by Crippen LogP contribution is 2.07. The van der Waals surface area contributed by atoms with Crippen molar-refractivity contribution < 1.29 is 4.79 Å². The maximum Gasteiger partial charge on any atom is 0.261 e. The molecule has 1 aromatic rings. The Morgan fingerprint density at radius 3 is 2.83 bits per heavy atom. The number of rotatable bonds is 5. The van der Waals surface area contributed by atoms with Crippen LogP contribution in [-0.4, -0.2) is 17.4 Å². The second-order valence-corrected chi connectivity index (χ2v) is 4.19. The molecule has 0 radical (unpaired) electrons. The molecule has 1 heterocycles. The third-order valence-corrected chi connectivity index (χ3v) is 2.73. The third kappa shape index (κ3) is 3.58. The number of hydrogen-bond donors (Lipinski definition) is 2. The molecule has 0 saturated heterocycles. The van der Waals surface area contributed by atoms with Gasteiger partial charge in [-0.3, -0.25) is 9.59 Å². The van der Waals surface area contributed by atoms with Gasteiger partial charge in [0.1, 0.15) is 5.56 Å². The quantitative estimate of drug-likeness (QED) is 0.782. The van der Waals surface area contributed by atoms with Gasteiger partial charge in [-0.2, -0.15) is 0 Å². The van der Waals surface area contributed by atoms with Crippen LogP contribution in [-0.2, 0) is 6.42 Å². The zero-order valence-electron chi connectivity index (χ0n) is 11.2. The highest BCUT2D eigenvalue weighted by molar-refractivity contribution is 5.94. The van der Waals surface area contributed by atoms with Crippen molar-refractivity contribution in [3.05, 3.63) is 45.4 Å². The first kappa shape index (κ1) is 14.2. The number of aryl methyl sites for hydroxylation is 2. The van der Waals surface area contributed by atoms with Crippen molar-refractivity contribution in [2.75, 3.05) is 6.54 Å². The van der Waals surface area contributed by atoms with E-state index in [4.69, 9.17) is 0 Å². The van der Waals surface area contributed by atoms with Crippen LogP contribution in [0.5, 0.6) is 0 Å². The van der Waals surface area contributed by atoms with E-state index >= 15 is 0 Å². The third-order valence-electron chi connectivity index (χ3n) is 2.73. The summed E-state index contributed by atoms with van der Waals surface area (Å²) in [4.78, 5) is 26.3. The lowest BCUT2D eigenvalue weighted by molar-refractivity contribution is 0.0956. The average molecular weight is 248 g/mol. The van der Waals surface area contributed by atoms with Crippen molar-refractivity contribution in [1.29, 1.82) is 0 Å². The number of aromatic nitrogens is 1. The van der Waals surface area contributed by atoms with Gasteiger partial charge in [0, 0.05) is 12.2 Å². The van der Waals surface area contributed by atoms with Gasteiger partial charge in [0.15, 0.2) is 0 Å². The minimum atomic E-state index is -0.328. The number of carbonyl (C=O) groups is 1. The Kier molecular flexibility index (Phi) is 5.36. The highest BCUT2D eigenvalue weighted by Gasteiger charge is 2.12. The molecular weight excluding hydrogens is 228 g/mol. The molecule has 18 heavy (non-hydrogen) atoms. The van der Waals surface area contributed by atoms with Gasteiger partial charge in [-0.05, 0) is 31.9 Å². The average Bonchev–Trinajstić information content (AvgIpc) is 2.33. The number of pyridine rings is 1. The molecular formula is C14H20N2O2. The Bertz CT molecular complexity index is 501. The molecule has 0 unspecified atom stereocenters. The minimum absolute atomic E-state index is 0.188. The van der Waals surface area contributed by atoms with Crippen LogP contribution >= 0.6 is 0 Å². The van der Waals surface area contributed by atoms with Crippen molar-refractivity contribution in [3.63, 3.8) is 0 Å². The maximum atomic E-state index is 11.8. The normalized spacial score (nSPS) is 10.8. The predicted octanol–water partition coefficient (Wildman–Crippen LogP) is 1.94. The zero-order chi connectivity index (χ0) is 13.5. The molecule has 0 aliphatic heterocycles. The van der Waals surface area contributed by atoms with E-state index < -0.39 is 0 Å². The van der Waals surface area contributed by atoms with Gasteiger partial charge in [-0.15, -0.1) is 0 Å². The van der Waals surface area contributed by atoms with E-state index in [1.165, 1.54) is 0 Å². The van der Waals surface area contributed by atoms with Crippen LogP contribution in [0.4, 0.5) is 0 Å². The van der Waals surface area contributed by atoms with Crippen molar-refractivity contribution in [2.45, 2.75) is 33.6 Å². The van der Waals surface area contributed by atoms with Crippen LogP contribution in [0.25, 0.3) is 0 Å². The molecule has 0 spiro atoms. The van der Waals surface area contributed by atoms with Crippen molar-refractivity contribution in [3.8, 4) is 0 Å². The van der Waals surface area contributed by atoms with Gasteiger partial charge in [-0.25, -0.2) is 0 Å². The summed E-state index contributed by atoms with van der Waals surface area (Å²) in [5.41, 5.74) is 1.72. The van der Waals surface area contributed by atoms with E-state index in [0.717, 1.165) is 24.1 Å². The second-order valence-electron chi connectivity index (χ2n) is 4.19. The topological polar surface area (TPSA) is 62.0 Å². The molecule has 4 heteroatoms. The van der Waals surface area contributed by atoms with Crippen LogP contribution in [0, 0.1) is 6.92 Å². The zero-order valence-corrected chi connectivity index (χ0v) is 11.2. The largest absolute Gasteiger partial charge is 0.348 e. The Morgan fingerprint density at radius 2 is 2.22 bits per heavy atom. The van der Waals surface area contributed by atoms with Crippen molar-refractivity contribution in [1.82, 2.24) is 10.3 Å². The SMILES string of the molecule is C/C=C/CNC(=O)c1cc(CCC)c(C)[nH]c1=O. The van der Waals surface area contributed by atoms with E-state index in [9.17, 15) is 9.59 Å². The van der Waals surface area contributed by atoms with Crippen LogP contribution in [0.2, 0.25) is 0 Å². The van der Waals surface area contributed by atoms with Gasteiger partial charge in [0.2, 0.25) is 0 Å². The molecule has 1 rings (SSSR count). The first-order valence-corrected chi connectivity index (χ1v) is 6.22. The summed E-state index contributed by atoms with van der Waals surface area (Å²) in [6.07, 6.45) is 5.51. The van der Waals surface area contributed by atoms with Crippen molar-refractivity contribution >= 4 is 5.91 Å². The lowest BCUT2D eigenvalue weighted by Crippen LogP contribution is -2.30. The van der Waals surface area contributed by atoms with Gasteiger partial charge in [0.05, 0.1) is 0 Å². The van der Waals surface area contributed by atoms with Gasteiger partial charge in [-0.1, -0.05) is 25.5 Å². The summed E-state index contributed by atoms with van der Waals surface area (Å²) in [5, 5.41) is 2.68. The van der Waals surface area contributed by atoms with E-state index in [1.54, 1.807) is 6.07 Å². The van der Waals surface area contributed by atoms with E-state index in [1.807, 2.05) is 26.0 Å². The highest BCUT2D eigenvalue weighted by atomic mass is 16.2. The maximum absolute atomic E-state index is 11.8. The lowest BCUT2D eigenvalue weighted by atomic mass is 10.1. The molecule has 1 aromatic heterocycles. The number of carbonyl (C=O) groups excluding carboxylic acids is 1. The Labute approximate surface area is 107 Å². The van der Waals surface area contributed by atoms with Gasteiger partial charge < -0.3 is 10.3 Å². The van der Waals surface area contributed by atoms with E-state index in [0.29, 0.717) is 6.54 Å². The standard InChI is InChI=1S/C14H20N2O2/c1-4-6-8-15-13(17)12-9-11(7-5-2)10(3)16-14(12)18/h4,6,9H,5,7-8H2,1-3H3,(H,15,17)(H,16,18)/b6-4+. The molecule has 0 fully saturated rings. The summed E-state index contributed by atoms with van der Waals surface area (Å²) >= 11 is 0. The fourth-order valence-electron chi connectivity index (χ4n) is 1.73. The molecule has 0 aliphatic rings. The number of H-pyrrole nitrogens is 1. The molecule has 4 nitrogen and oxygen atoms in total. The summed E-state index contributed by atoms with van der Waals surface area (Å²) in [6, 6.07) is 1.70. The van der Waals surface area contributed by atoms with Crippen LogP contribution in [0.1, 0.15) is 41.9 Å². The Balaban J connectivity index is 2.97. The number of hydrogen-bond acceptors (Lipinski definition) is 2.